The van der Waals surface area contributed by atoms with Crippen molar-refractivity contribution in [2.24, 2.45) is 16.7 Å². The summed E-state index contributed by atoms with van der Waals surface area (Å²) in [5, 5.41) is 16.4. The Kier molecular flexibility index (Phi) is 12.7. The zero-order valence-corrected chi connectivity index (χ0v) is 36.2. The van der Waals surface area contributed by atoms with Crippen molar-refractivity contribution in [3.05, 3.63) is 70.8 Å². The Morgan fingerprint density at radius 3 is 2.19 bits per heavy atom. The normalized spacial score (nSPS) is 12.9. The predicted octanol–water partition coefficient (Wildman–Crippen LogP) is 13.3. The van der Waals surface area contributed by atoms with Gasteiger partial charge in [0.25, 0.3) is 0 Å². The Bertz CT molecular complexity index is 2220. The molecule has 0 saturated heterocycles. The van der Waals surface area contributed by atoms with E-state index in [9.17, 15) is 9.90 Å². The Balaban J connectivity index is 0.000000289. The van der Waals surface area contributed by atoms with Crippen molar-refractivity contribution >= 4 is 60.2 Å². The fourth-order valence-electron chi connectivity index (χ4n) is 6.65. The topological polar surface area (TPSA) is 89.4 Å². The van der Waals surface area contributed by atoms with Crippen molar-refractivity contribution in [2.75, 3.05) is 0 Å². The fourth-order valence-corrected chi connectivity index (χ4v) is 7.73. The standard InChI is InChI=1S/C29H27N2O2S.C15H28O2.Ir/c1-15(2)11-20-16(3)32-26-19(20)7-8-22-23(26)24-25(30-14-31-28(24)33-22)18-12-17-9-10-34-27(17)21(13-18)29(4,5)6;1-7-14(5,8-2)12(16)11-13(17)15(6,9-3)10-4;/h7-10,13-15H,11H2,1-6H3;11,16H,7-10H2,1-6H3;/q-1;;/b;12-11-;. The molecular formula is C44H55IrN2O4S-. The van der Waals surface area contributed by atoms with Gasteiger partial charge < -0.3 is 13.9 Å². The van der Waals surface area contributed by atoms with Gasteiger partial charge in [-0.25, -0.2) is 4.98 Å². The third-order valence-corrected chi connectivity index (χ3v) is 12.1. The minimum absolute atomic E-state index is 0. The van der Waals surface area contributed by atoms with Crippen LogP contribution in [0.3, 0.4) is 0 Å². The van der Waals surface area contributed by atoms with Gasteiger partial charge in [-0.2, -0.15) is 11.3 Å². The number of thiophene rings is 1. The van der Waals surface area contributed by atoms with E-state index in [0.29, 0.717) is 11.6 Å². The number of allylic oxidation sites excluding steroid dienone is 2. The van der Waals surface area contributed by atoms with Crippen LogP contribution in [0.15, 0.2) is 56.6 Å². The molecule has 4 aromatic heterocycles. The molecule has 0 fully saturated rings. The van der Waals surface area contributed by atoms with Gasteiger partial charge in [-0.1, -0.05) is 87.3 Å². The number of furan rings is 2. The molecule has 0 amide bonds. The number of ketones is 1. The van der Waals surface area contributed by atoms with Crippen LogP contribution in [0.25, 0.3) is 54.4 Å². The molecule has 0 saturated carbocycles. The number of rotatable bonds is 10. The molecule has 1 radical (unpaired) electrons. The minimum atomic E-state index is -0.337. The number of nitrogens with zero attached hydrogens (tertiary/aromatic N) is 2. The number of carbonyl (C=O) groups excluding carboxylic acids is 1. The van der Waals surface area contributed by atoms with Crippen LogP contribution in [0, 0.1) is 29.7 Å². The van der Waals surface area contributed by atoms with E-state index in [1.54, 1.807) is 17.7 Å². The van der Waals surface area contributed by atoms with Crippen LogP contribution in [-0.2, 0) is 36.7 Å². The molecule has 0 unspecified atom stereocenters. The van der Waals surface area contributed by atoms with E-state index in [4.69, 9.17) is 13.8 Å². The molecule has 281 valence electrons. The molecular weight excluding hydrogens is 845 g/mol. The van der Waals surface area contributed by atoms with E-state index in [1.165, 1.54) is 21.9 Å². The molecule has 0 aliphatic heterocycles. The molecule has 0 atom stereocenters. The Labute approximate surface area is 326 Å². The van der Waals surface area contributed by atoms with Crippen molar-refractivity contribution < 1.29 is 38.8 Å². The molecule has 0 bridgehead atoms. The number of aliphatic hydroxyl groups is 1. The maximum absolute atomic E-state index is 12.2. The maximum atomic E-state index is 12.2. The Morgan fingerprint density at radius 1 is 0.942 bits per heavy atom. The van der Waals surface area contributed by atoms with E-state index in [0.717, 1.165) is 81.8 Å². The summed E-state index contributed by atoms with van der Waals surface area (Å²) in [5.41, 5.74) is 5.93. The number of carbonyl (C=O) groups is 1. The van der Waals surface area contributed by atoms with Crippen molar-refractivity contribution in [3.63, 3.8) is 0 Å². The van der Waals surface area contributed by atoms with Gasteiger partial charge in [0.05, 0.1) is 5.39 Å². The molecule has 0 aliphatic carbocycles. The van der Waals surface area contributed by atoms with E-state index in [-0.39, 0.29) is 47.9 Å². The fraction of sp³-hybridized carbons (Fsp3) is 0.477. The zero-order valence-electron chi connectivity index (χ0n) is 33.0. The van der Waals surface area contributed by atoms with Crippen LogP contribution < -0.4 is 0 Å². The van der Waals surface area contributed by atoms with Crippen molar-refractivity contribution in [3.8, 4) is 11.3 Å². The van der Waals surface area contributed by atoms with Crippen molar-refractivity contribution in [1.29, 1.82) is 0 Å². The van der Waals surface area contributed by atoms with Gasteiger partial charge in [0.2, 0.25) is 5.71 Å². The van der Waals surface area contributed by atoms with E-state index >= 15 is 0 Å². The number of fused-ring (bicyclic) bond motifs is 6. The first-order valence-corrected chi connectivity index (χ1v) is 19.4. The van der Waals surface area contributed by atoms with Gasteiger partial charge in [0.15, 0.2) is 5.78 Å². The van der Waals surface area contributed by atoms with Crippen LogP contribution in [0.5, 0.6) is 0 Å². The van der Waals surface area contributed by atoms with Crippen molar-refractivity contribution in [1.82, 2.24) is 9.97 Å². The second kappa shape index (κ2) is 16.0. The number of hydrogen-bond donors (Lipinski definition) is 1. The second-order valence-corrected chi connectivity index (χ2v) is 16.9. The number of benzene rings is 2. The maximum Gasteiger partial charge on any atom is 0.223 e. The van der Waals surface area contributed by atoms with Gasteiger partial charge in [0.1, 0.15) is 29.0 Å². The third-order valence-electron chi connectivity index (χ3n) is 11.1. The van der Waals surface area contributed by atoms with E-state index in [1.807, 2.05) is 47.6 Å². The summed E-state index contributed by atoms with van der Waals surface area (Å²) in [5.74, 6) is 1.79. The molecule has 6 rings (SSSR count). The summed E-state index contributed by atoms with van der Waals surface area (Å²) in [7, 11) is 0. The van der Waals surface area contributed by atoms with Crippen molar-refractivity contribution in [2.45, 2.75) is 121 Å². The van der Waals surface area contributed by atoms with E-state index < -0.39 is 0 Å². The summed E-state index contributed by atoms with van der Waals surface area (Å²) in [4.78, 5) is 21.4. The molecule has 52 heavy (non-hydrogen) atoms. The average Bonchev–Trinajstić information content (AvgIpc) is 3.81. The predicted molar refractivity (Wildman–Crippen MR) is 214 cm³/mol. The molecule has 2 aromatic carbocycles. The average molecular weight is 900 g/mol. The van der Waals surface area contributed by atoms with Crippen LogP contribution in [-0.4, -0.2) is 20.9 Å². The molecule has 1 N–H and O–H groups in total. The van der Waals surface area contributed by atoms with Crippen LogP contribution >= 0.6 is 11.3 Å². The van der Waals surface area contributed by atoms with Crippen LogP contribution in [0.2, 0.25) is 0 Å². The van der Waals surface area contributed by atoms with Crippen LogP contribution in [0.1, 0.15) is 119 Å². The molecule has 0 aliphatic rings. The Morgan fingerprint density at radius 2 is 1.60 bits per heavy atom. The summed E-state index contributed by atoms with van der Waals surface area (Å²) < 4.78 is 13.9. The summed E-state index contributed by atoms with van der Waals surface area (Å²) in [6.45, 7) is 25.4. The summed E-state index contributed by atoms with van der Waals surface area (Å²) >= 11 is 1.77. The SMILES string of the molecule is CCC(C)(CC)C(=O)/C=C(\O)C(C)(CC)CC.Cc1oc2c(ccc3oc4ncnc(-c5[c-]c6ccsc6c(C(C)(C)C)c5)c4c32)c1CC(C)C.[Ir]. The van der Waals surface area contributed by atoms with Gasteiger partial charge in [-0.3, -0.25) is 9.78 Å². The van der Waals surface area contributed by atoms with Gasteiger partial charge in [-0.05, 0) is 72.6 Å². The number of aliphatic hydroxyl groups excluding tert-OH is 1. The Hall–Kier alpha value is -3.32. The first-order valence-electron chi connectivity index (χ1n) is 18.5. The number of aryl methyl sites for hydroxylation is 1. The zero-order chi connectivity index (χ0) is 37.5. The molecule has 6 nitrogen and oxygen atoms in total. The van der Waals surface area contributed by atoms with Gasteiger partial charge in [0, 0.05) is 59.0 Å². The van der Waals surface area contributed by atoms with Gasteiger partial charge in [-0.15, -0.1) is 23.6 Å². The summed E-state index contributed by atoms with van der Waals surface area (Å²) in [6.07, 6.45) is 7.31. The number of hydrogen-bond acceptors (Lipinski definition) is 7. The first-order chi connectivity index (χ1) is 24.0. The largest absolute Gasteiger partial charge is 0.512 e. The first kappa shape index (κ1) is 41.4. The van der Waals surface area contributed by atoms with E-state index in [2.05, 4.69) is 76.2 Å². The third kappa shape index (κ3) is 7.81. The molecule has 6 aromatic rings. The second-order valence-electron chi connectivity index (χ2n) is 16.0. The molecule has 4 heterocycles. The molecule has 0 spiro atoms. The number of aromatic nitrogens is 2. The smallest absolute Gasteiger partial charge is 0.223 e. The molecule has 8 heteroatoms. The monoisotopic (exact) mass is 900 g/mol. The quantitative estimate of drug-likeness (QED) is 0.0837. The van der Waals surface area contributed by atoms with Gasteiger partial charge >= 0.3 is 0 Å². The minimum Gasteiger partial charge on any atom is -0.512 e. The summed E-state index contributed by atoms with van der Waals surface area (Å²) in [6, 6.07) is 12.1. The van der Waals surface area contributed by atoms with Crippen LogP contribution in [0.4, 0.5) is 0 Å².